The third-order valence-corrected chi connectivity index (χ3v) is 7.68. The van der Waals surface area contributed by atoms with Crippen LogP contribution in [0.25, 0.3) is 0 Å². The summed E-state index contributed by atoms with van der Waals surface area (Å²) in [7, 11) is 0. The van der Waals surface area contributed by atoms with Crippen LogP contribution in [0.1, 0.15) is 33.4 Å². The molecule has 0 bridgehead atoms. The Labute approximate surface area is 237 Å². The Morgan fingerprint density at radius 2 is 0.375 bits per heavy atom. The van der Waals surface area contributed by atoms with E-state index in [4.69, 9.17) is 0 Å². The van der Waals surface area contributed by atoms with Crippen molar-refractivity contribution in [2.24, 2.45) is 0 Å². The van der Waals surface area contributed by atoms with E-state index in [-0.39, 0.29) is 0 Å². The molecule has 6 rings (SSSR count). The first-order valence-corrected chi connectivity index (χ1v) is 13.7. The van der Waals surface area contributed by atoms with Crippen LogP contribution < -0.4 is 0 Å². The lowest BCUT2D eigenvalue weighted by Gasteiger charge is -2.34. The molecule has 0 spiro atoms. The molecule has 0 nitrogen and oxygen atoms in total. The van der Waals surface area contributed by atoms with Crippen molar-refractivity contribution in [1.29, 1.82) is 0 Å². The molecule has 0 saturated heterocycles. The summed E-state index contributed by atoms with van der Waals surface area (Å²) in [5.74, 6) is 7.94. The minimum atomic E-state index is -0.687. The largest absolute Gasteiger partial charge is 0.106 e. The van der Waals surface area contributed by atoms with E-state index in [9.17, 15) is 0 Å². The van der Waals surface area contributed by atoms with Crippen LogP contribution in [0.3, 0.4) is 0 Å². The molecule has 0 heterocycles. The van der Waals surface area contributed by atoms with Crippen molar-refractivity contribution in [2.75, 3.05) is 0 Å². The van der Waals surface area contributed by atoms with Crippen molar-refractivity contribution in [3.8, 4) is 11.8 Å². The van der Waals surface area contributed by atoms with E-state index in [0.29, 0.717) is 0 Å². The van der Waals surface area contributed by atoms with E-state index in [2.05, 4.69) is 194 Å². The van der Waals surface area contributed by atoms with Crippen LogP contribution in [0.2, 0.25) is 0 Å². The average molecular weight is 511 g/mol. The third-order valence-electron chi connectivity index (χ3n) is 7.68. The summed E-state index contributed by atoms with van der Waals surface area (Å²) in [6.07, 6.45) is 0. The molecule has 40 heavy (non-hydrogen) atoms. The zero-order chi connectivity index (χ0) is 27.1. The standard InChI is InChI=1S/C40H30/c1-7-19-33(20-8-1)39(34-21-9-2-10-22-34,35-23-11-3-12-24-35)31-32-40(36-25-13-4-14-26-36,37-27-15-5-16-28-37)38-29-17-6-18-30-38/h1-30H. The molecular weight excluding hydrogens is 480 g/mol. The SMILES string of the molecule is C(#CC(c1ccccc1)(c1ccccc1)c1ccccc1)C(c1ccccc1)(c1ccccc1)c1ccccc1. The van der Waals surface area contributed by atoms with Crippen LogP contribution in [0.4, 0.5) is 0 Å². The maximum atomic E-state index is 3.97. The second-order valence-electron chi connectivity index (χ2n) is 9.95. The zero-order valence-electron chi connectivity index (χ0n) is 22.3. The average Bonchev–Trinajstić information content (AvgIpc) is 3.06. The van der Waals surface area contributed by atoms with Gasteiger partial charge in [-0.05, 0) is 33.4 Å². The van der Waals surface area contributed by atoms with Crippen LogP contribution in [-0.4, -0.2) is 0 Å². The van der Waals surface area contributed by atoms with Crippen molar-refractivity contribution in [3.63, 3.8) is 0 Å². The van der Waals surface area contributed by atoms with Gasteiger partial charge in [0.2, 0.25) is 0 Å². The number of hydrogen-bond donors (Lipinski definition) is 0. The van der Waals surface area contributed by atoms with E-state index < -0.39 is 10.8 Å². The molecule has 190 valence electrons. The van der Waals surface area contributed by atoms with Crippen LogP contribution in [-0.2, 0) is 10.8 Å². The summed E-state index contributed by atoms with van der Waals surface area (Å²) < 4.78 is 0. The van der Waals surface area contributed by atoms with Gasteiger partial charge in [0.15, 0.2) is 0 Å². The van der Waals surface area contributed by atoms with Crippen LogP contribution in [0.15, 0.2) is 182 Å². The van der Waals surface area contributed by atoms with Crippen molar-refractivity contribution < 1.29 is 0 Å². The molecule has 0 unspecified atom stereocenters. The van der Waals surface area contributed by atoms with Gasteiger partial charge in [-0.15, -0.1) is 0 Å². The summed E-state index contributed by atoms with van der Waals surface area (Å²) in [6.45, 7) is 0. The summed E-state index contributed by atoms with van der Waals surface area (Å²) in [4.78, 5) is 0. The highest BCUT2D eigenvalue weighted by Crippen LogP contribution is 2.42. The molecule has 0 N–H and O–H groups in total. The molecule has 0 heteroatoms. The van der Waals surface area contributed by atoms with Crippen molar-refractivity contribution in [1.82, 2.24) is 0 Å². The van der Waals surface area contributed by atoms with E-state index >= 15 is 0 Å². The molecule has 6 aromatic rings. The van der Waals surface area contributed by atoms with Crippen molar-refractivity contribution in [2.45, 2.75) is 10.8 Å². The molecule has 0 aliphatic carbocycles. The minimum Gasteiger partial charge on any atom is -0.0802 e. The predicted molar refractivity (Wildman–Crippen MR) is 166 cm³/mol. The van der Waals surface area contributed by atoms with E-state index in [0.717, 1.165) is 33.4 Å². The smallest absolute Gasteiger partial charge is 0.0802 e. The fraction of sp³-hybridized carbons (Fsp3) is 0.0500. The molecule has 0 atom stereocenters. The lowest BCUT2D eigenvalue weighted by atomic mass is 9.66. The highest BCUT2D eigenvalue weighted by molar-refractivity contribution is 5.63. The Kier molecular flexibility index (Phi) is 7.12. The Morgan fingerprint density at radius 1 is 0.225 bits per heavy atom. The lowest BCUT2D eigenvalue weighted by molar-refractivity contribution is 0.779. The Hall–Kier alpha value is -5.12. The number of rotatable bonds is 6. The highest BCUT2D eigenvalue weighted by Gasteiger charge is 2.38. The maximum Gasteiger partial charge on any atom is 0.106 e. The summed E-state index contributed by atoms with van der Waals surface area (Å²) in [5.41, 5.74) is 5.48. The minimum absolute atomic E-state index is 0.687. The molecule has 6 aromatic carbocycles. The Balaban J connectivity index is 1.75. The molecule has 0 radical (unpaired) electrons. The van der Waals surface area contributed by atoms with E-state index in [1.165, 1.54) is 0 Å². The van der Waals surface area contributed by atoms with Crippen LogP contribution >= 0.6 is 0 Å². The topological polar surface area (TPSA) is 0 Å². The molecular formula is C40H30. The van der Waals surface area contributed by atoms with Crippen LogP contribution in [0, 0.1) is 11.8 Å². The normalized spacial score (nSPS) is 11.3. The molecule has 0 saturated carbocycles. The van der Waals surface area contributed by atoms with Gasteiger partial charge in [-0.25, -0.2) is 0 Å². The van der Waals surface area contributed by atoms with Gasteiger partial charge in [-0.1, -0.05) is 194 Å². The van der Waals surface area contributed by atoms with E-state index in [1.807, 2.05) is 0 Å². The quantitative estimate of drug-likeness (QED) is 0.155. The maximum absolute atomic E-state index is 3.97. The van der Waals surface area contributed by atoms with Gasteiger partial charge in [0.1, 0.15) is 10.8 Å². The van der Waals surface area contributed by atoms with Gasteiger partial charge in [0.05, 0.1) is 0 Å². The predicted octanol–water partition coefficient (Wildman–Crippen LogP) is 9.06. The van der Waals surface area contributed by atoms with Crippen molar-refractivity contribution >= 4 is 0 Å². The van der Waals surface area contributed by atoms with Gasteiger partial charge in [0, 0.05) is 0 Å². The highest BCUT2D eigenvalue weighted by atomic mass is 14.4. The summed E-state index contributed by atoms with van der Waals surface area (Å²) in [6, 6.07) is 64.1. The molecule has 0 aromatic heterocycles. The Morgan fingerprint density at radius 3 is 0.525 bits per heavy atom. The summed E-state index contributed by atoms with van der Waals surface area (Å²) >= 11 is 0. The monoisotopic (exact) mass is 510 g/mol. The molecule has 0 amide bonds. The number of benzene rings is 6. The van der Waals surface area contributed by atoms with Gasteiger partial charge in [0.25, 0.3) is 0 Å². The Bertz CT molecular complexity index is 1370. The van der Waals surface area contributed by atoms with Gasteiger partial charge < -0.3 is 0 Å². The second kappa shape index (κ2) is 11.3. The first-order chi connectivity index (χ1) is 19.8. The first-order valence-electron chi connectivity index (χ1n) is 13.7. The van der Waals surface area contributed by atoms with Crippen molar-refractivity contribution in [3.05, 3.63) is 215 Å². The second-order valence-corrected chi connectivity index (χ2v) is 9.95. The third kappa shape index (κ3) is 4.53. The molecule has 0 fully saturated rings. The number of hydrogen-bond acceptors (Lipinski definition) is 0. The van der Waals surface area contributed by atoms with Gasteiger partial charge in [-0.2, -0.15) is 0 Å². The zero-order valence-corrected chi connectivity index (χ0v) is 22.3. The van der Waals surface area contributed by atoms with Gasteiger partial charge >= 0.3 is 0 Å². The van der Waals surface area contributed by atoms with Gasteiger partial charge in [-0.3, -0.25) is 0 Å². The fourth-order valence-electron chi connectivity index (χ4n) is 5.75. The van der Waals surface area contributed by atoms with Crippen LogP contribution in [0.5, 0.6) is 0 Å². The van der Waals surface area contributed by atoms with E-state index in [1.54, 1.807) is 0 Å². The fourth-order valence-corrected chi connectivity index (χ4v) is 5.75. The molecule has 0 aliphatic rings. The lowest BCUT2D eigenvalue weighted by Crippen LogP contribution is -2.31. The first kappa shape index (κ1) is 25.2. The molecule has 0 aliphatic heterocycles. The summed E-state index contributed by atoms with van der Waals surface area (Å²) in [5, 5.41) is 0.